The molecule has 0 unspecified atom stereocenters. The summed E-state index contributed by atoms with van der Waals surface area (Å²) in [6, 6.07) is 12.4. The minimum atomic E-state index is -0.360. The lowest BCUT2D eigenvalue weighted by Gasteiger charge is -1.95. The second kappa shape index (κ2) is 4.53. The van der Waals surface area contributed by atoms with E-state index in [1.807, 2.05) is 0 Å². The molecule has 0 saturated heterocycles. The maximum atomic E-state index is 13.1. The third-order valence-electron chi connectivity index (χ3n) is 2.60. The molecule has 0 atom stereocenters. The molecule has 1 aromatic heterocycles. The van der Waals surface area contributed by atoms with Crippen LogP contribution in [-0.4, -0.2) is 15.2 Å². The van der Waals surface area contributed by atoms with Crippen LogP contribution in [0.5, 0.6) is 5.75 Å². The van der Waals surface area contributed by atoms with Gasteiger partial charge in [0.1, 0.15) is 11.6 Å². The van der Waals surface area contributed by atoms with Crippen LogP contribution in [-0.2, 0) is 0 Å². The normalized spacial score (nSPS) is 10.6. The molecule has 0 aliphatic rings. The average molecular weight is 256 g/mol. The zero-order valence-electron chi connectivity index (χ0n) is 9.75. The predicted molar refractivity (Wildman–Crippen MR) is 66.8 cm³/mol. The lowest BCUT2D eigenvalue weighted by molar-refractivity contribution is 0.431. The molecule has 0 radical (unpaired) electrons. The van der Waals surface area contributed by atoms with Gasteiger partial charge in [-0.1, -0.05) is 23.4 Å². The van der Waals surface area contributed by atoms with Gasteiger partial charge in [0, 0.05) is 11.1 Å². The highest BCUT2D eigenvalue weighted by atomic mass is 19.1. The summed E-state index contributed by atoms with van der Waals surface area (Å²) in [6.45, 7) is 0. The van der Waals surface area contributed by atoms with Crippen molar-refractivity contribution in [3.05, 3.63) is 54.3 Å². The van der Waals surface area contributed by atoms with E-state index in [-0.39, 0.29) is 17.5 Å². The van der Waals surface area contributed by atoms with Gasteiger partial charge in [0.05, 0.1) is 0 Å². The number of hydrogen-bond acceptors (Lipinski definition) is 4. The van der Waals surface area contributed by atoms with Crippen molar-refractivity contribution in [1.29, 1.82) is 0 Å². The average Bonchev–Trinajstić information content (AvgIpc) is 2.88. The van der Waals surface area contributed by atoms with Gasteiger partial charge in [0.15, 0.2) is 0 Å². The molecule has 1 heterocycles. The van der Waals surface area contributed by atoms with Crippen LogP contribution in [0.1, 0.15) is 0 Å². The first-order valence-corrected chi connectivity index (χ1v) is 5.61. The van der Waals surface area contributed by atoms with Crippen molar-refractivity contribution >= 4 is 0 Å². The first-order valence-electron chi connectivity index (χ1n) is 5.61. The number of halogens is 1. The summed E-state index contributed by atoms with van der Waals surface area (Å²) < 4.78 is 18.2. The van der Waals surface area contributed by atoms with Crippen molar-refractivity contribution in [2.75, 3.05) is 0 Å². The van der Waals surface area contributed by atoms with E-state index in [1.54, 1.807) is 30.3 Å². The van der Waals surface area contributed by atoms with E-state index in [9.17, 15) is 9.50 Å². The second-order valence-electron chi connectivity index (χ2n) is 3.98. The van der Waals surface area contributed by atoms with Crippen molar-refractivity contribution in [3.63, 3.8) is 0 Å². The van der Waals surface area contributed by atoms with Gasteiger partial charge in [-0.25, -0.2) is 4.39 Å². The number of hydrogen-bond donors (Lipinski definition) is 1. The van der Waals surface area contributed by atoms with Crippen LogP contribution in [0.25, 0.3) is 22.8 Å². The van der Waals surface area contributed by atoms with Gasteiger partial charge < -0.3 is 9.63 Å². The first-order chi connectivity index (χ1) is 9.22. The SMILES string of the molecule is Oc1cccc(-c2nc(-c3cccc(F)c3)no2)c1. The predicted octanol–water partition coefficient (Wildman–Crippen LogP) is 3.25. The Morgan fingerprint density at radius 1 is 1.00 bits per heavy atom. The van der Waals surface area contributed by atoms with Crippen molar-refractivity contribution in [2.24, 2.45) is 0 Å². The van der Waals surface area contributed by atoms with E-state index in [1.165, 1.54) is 18.2 Å². The fourth-order valence-electron chi connectivity index (χ4n) is 1.72. The van der Waals surface area contributed by atoms with Crippen molar-refractivity contribution in [3.8, 4) is 28.6 Å². The monoisotopic (exact) mass is 256 g/mol. The van der Waals surface area contributed by atoms with Gasteiger partial charge in [0.25, 0.3) is 5.89 Å². The Kier molecular flexibility index (Phi) is 2.72. The van der Waals surface area contributed by atoms with Crippen LogP contribution < -0.4 is 0 Å². The summed E-state index contributed by atoms with van der Waals surface area (Å²) in [7, 11) is 0. The Bertz CT molecular complexity index is 665. The van der Waals surface area contributed by atoms with Crippen molar-refractivity contribution in [1.82, 2.24) is 10.1 Å². The number of aromatic hydroxyl groups is 1. The summed E-state index contributed by atoms with van der Waals surface area (Å²) in [5.41, 5.74) is 1.14. The maximum absolute atomic E-state index is 13.1. The molecule has 0 bridgehead atoms. The first kappa shape index (κ1) is 11.4. The smallest absolute Gasteiger partial charge is 0.258 e. The number of rotatable bonds is 2. The molecule has 4 nitrogen and oxygen atoms in total. The Labute approximate surface area is 108 Å². The van der Waals surface area contributed by atoms with E-state index in [2.05, 4.69) is 10.1 Å². The lowest BCUT2D eigenvalue weighted by Crippen LogP contribution is -1.82. The Balaban J connectivity index is 2.00. The molecule has 3 aromatic rings. The van der Waals surface area contributed by atoms with E-state index >= 15 is 0 Å². The molecular formula is C14H9FN2O2. The van der Waals surface area contributed by atoms with E-state index in [0.29, 0.717) is 17.0 Å². The van der Waals surface area contributed by atoms with Crippen molar-refractivity contribution < 1.29 is 14.0 Å². The Morgan fingerprint density at radius 3 is 2.58 bits per heavy atom. The molecule has 0 amide bonds. The number of aromatic nitrogens is 2. The molecule has 0 aliphatic heterocycles. The maximum Gasteiger partial charge on any atom is 0.258 e. The van der Waals surface area contributed by atoms with Crippen LogP contribution in [0.4, 0.5) is 4.39 Å². The molecule has 0 saturated carbocycles. The number of nitrogens with zero attached hydrogens (tertiary/aromatic N) is 2. The summed E-state index contributed by atoms with van der Waals surface area (Å²) in [5.74, 6) is 0.331. The van der Waals surface area contributed by atoms with E-state index < -0.39 is 0 Å². The number of benzene rings is 2. The second-order valence-corrected chi connectivity index (χ2v) is 3.98. The lowest BCUT2D eigenvalue weighted by atomic mass is 10.2. The molecule has 1 N–H and O–H groups in total. The fourth-order valence-corrected chi connectivity index (χ4v) is 1.72. The molecule has 5 heteroatoms. The highest BCUT2D eigenvalue weighted by Gasteiger charge is 2.11. The van der Waals surface area contributed by atoms with Crippen LogP contribution in [0, 0.1) is 5.82 Å². The topological polar surface area (TPSA) is 59.2 Å². The molecular weight excluding hydrogens is 247 g/mol. The van der Waals surface area contributed by atoms with Crippen molar-refractivity contribution in [2.45, 2.75) is 0 Å². The molecule has 94 valence electrons. The van der Waals surface area contributed by atoms with Crippen LogP contribution >= 0.6 is 0 Å². The van der Waals surface area contributed by atoms with Gasteiger partial charge in [-0.2, -0.15) is 4.98 Å². The quantitative estimate of drug-likeness (QED) is 0.764. The van der Waals surface area contributed by atoms with Crippen LogP contribution in [0.3, 0.4) is 0 Å². The van der Waals surface area contributed by atoms with E-state index in [4.69, 9.17) is 4.52 Å². The molecule has 0 fully saturated rings. The molecule has 2 aromatic carbocycles. The highest BCUT2D eigenvalue weighted by molar-refractivity contribution is 5.60. The van der Waals surface area contributed by atoms with Crippen LogP contribution in [0.15, 0.2) is 53.1 Å². The standard InChI is InChI=1S/C14H9FN2O2/c15-11-5-1-3-9(7-11)13-16-14(19-17-13)10-4-2-6-12(18)8-10/h1-8,18H. The minimum absolute atomic E-state index is 0.114. The zero-order valence-corrected chi connectivity index (χ0v) is 9.75. The number of phenolic OH excluding ortho intramolecular Hbond substituents is 1. The largest absolute Gasteiger partial charge is 0.508 e. The fraction of sp³-hybridized carbons (Fsp3) is 0. The Morgan fingerprint density at radius 2 is 1.79 bits per heavy atom. The van der Waals surface area contributed by atoms with Gasteiger partial charge in [-0.15, -0.1) is 0 Å². The third kappa shape index (κ3) is 2.30. The summed E-state index contributed by atoms with van der Waals surface area (Å²) >= 11 is 0. The zero-order chi connectivity index (χ0) is 13.2. The van der Waals surface area contributed by atoms with Gasteiger partial charge in [-0.05, 0) is 30.3 Å². The summed E-state index contributed by atoms with van der Waals surface area (Å²) in [5, 5.41) is 13.2. The molecule has 3 rings (SSSR count). The van der Waals surface area contributed by atoms with E-state index in [0.717, 1.165) is 0 Å². The minimum Gasteiger partial charge on any atom is -0.508 e. The summed E-state index contributed by atoms with van der Waals surface area (Å²) in [6.07, 6.45) is 0. The summed E-state index contributed by atoms with van der Waals surface area (Å²) in [4.78, 5) is 4.18. The van der Waals surface area contributed by atoms with Gasteiger partial charge >= 0.3 is 0 Å². The highest BCUT2D eigenvalue weighted by Crippen LogP contribution is 2.24. The third-order valence-corrected chi connectivity index (χ3v) is 2.60. The van der Waals surface area contributed by atoms with Crippen LogP contribution in [0.2, 0.25) is 0 Å². The Hall–Kier alpha value is -2.69. The number of phenols is 1. The van der Waals surface area contributed by atoms with Gasteiger partial charge in [0.2, 0.25) is 5.82 Å². The molecule has 0 aliphatic carbocycles. The van der Waals surface area contributed by atoms with Gasteiger partial charge in [-0.3, -0.25) is 0 Å². The molecule has 19 heavy (non-hydrogen) atoms. The molecule has 0 spiro atoms.